The Morgan fingerprint density at radius 3 is 2.47 bits per heavy atom. The standard InChI is InChI=1S/C28H27N5O/c1-20-5-2-3-6-22(20)15-25-7-4-8-27(32-25)21-11-13-33(14-12-21)28(34)23-9-10-26(31-18-23)24-16-29-19-30-17-24/h2-10,16-19,21H,11-15H2,1H3. The van der Waals surface area contributed by atoms with Gasteiger partial charge in [0.25, 0.3) is 5.91 Å². The van der Waals surface area contributed by atoms with E-state index >= 15 is 0 Å². The molecule has 1 aliphatic heterocycles. The predicted molar refractivity (Wildman–Crippen MR) is 131 cm³/mol. The maximum atomic E-state index is 13.0. The third-order valence-electron chi connectivity index (χ3n) is 6.53. The number of rotatable bonds is 5. The van der Waals surface area contributed by atoms with Gasteiger partial charge in [0.05, 0.1) is 11.3 Å². The third-order valence-corrected chi connectivity index (χ3v) is 6.53. The number of likely N-dealkylation sites (tertiary alicyclic amines) is 1. The van der Waals surface area contributed by atoms with E-state index in [2.05, 4.69) is 64.3 Å². The lowest BCUT2D eigenvalue weighted by molar-refractivity contribution is 0.0711. The number of piperidine rings is 1. The maximum Gasteiger partial charge on any atom is 0.255 e. The molecule has 34 heavy (non-hydrogen) atoms. The molecule has 0 N–H and O–H groups in total. The summed E-state index contributed by atoms with van der Waals surface area (Å²) < 4.78 is 0. The molecule has 0 saturated carbocycles. The topological polar surface area (TPSA) is 71.9 Å². The first-order valence-corrected chi connectivity index (χ1v) is 11.7. The molecule has 1 saturated heterocycles. The Morgan fingerprint density at radius 1 is 0.941 bits per heavy atom. The van der Waals surface area contributed by atoms with Crippen LogP contribution < -0.4 is 0 Å². The average molecular weight is 450 g/mol. The Hall–Kier alpha value is -3.93. The fourth-order valence-corrected chi connectivity index (χ4v) is 4.51. The summed E-state index contributed by atoms with van der Waals surface area (Å²) in [6, 6.07) is 18.5. The van der Waals surface area contributed by atoms with Crippen LogP contribution in [0.3, 0.4) is 0 Å². The Kier molecular flexibility index (Phi) is 6.38. The van der Waals surface area contributed by atoms with Gasteiger partial charge >= 0.3 is 0 Å². The van der Waals surface area contributed by atoms with E-state index in [4.69, 9.17) is 4.98 Å². The second-order valence-corrected chi connectivity index (χ2v) is 8.78. The Labute approximate surface area is 199 Å². The van der Waals surface area contributed by atoms with E-state index in [9.17, 15) is 4.79 Å². The first kappa shape index (κ1) is 21.9. The van der Waals surface area contributed by atoms with Crippen LogP contribution in [0.4, 0.5) is 0 Å². The SMILES string of the molecule is Cc1ccccc1Cc1cccc(C2CCN(C(=O)c3ccc(-c4cncnc4)nc3)CC2)n1. The highest BCUT2D eigenvalue weighted by molar-refractivity contribution is 5.94. The number of carbonyl (C=O) groups is 1. The number of hydrogen-bond donors (Lipinski definition) is 0. The highest BCUT2D eigenvalue weighted by atomic mass is 16.2. The molecular formula is C28H27N5O. The van der Waals surface area contributed by atoms with Gasteiger partial charge in [-0.25, -0.2) is 9.97 Å². The zero-order valence-electron chi connectivity index (χ0n) is 19.3. The smallest absolute Gasteiger partial charge is 0.255 e. The van der Waals surface area contributed by atoms with E-state index in [-0.39, 0.29) is 5.91 Å². The van der Waals surface area contributed by atoms with E-state index < -0.39 is 0 Å². The van der Waals surface area contributed by atoms with Crippen molar-refractivity contribution in [2.24, 2.45) is 0 Å². The fraction of sp³-hybridized carbons (Fsp3) is 0.250. The van der Waals surface area contributed by atoms with Crippen molar-refractivity contribution < 1.29 is 4.79 Å². The van der Waals surface area contributed by atoms with Crippen LogP contribution in [0.5, 0.6) is 0 Å². The van der Waals surface area contributed by atoms with Crippen molar-refractivity contribution in [3.05, 3.63) is 108 Å². The number of pyridine rings is 2. The number of aryl methyl sites for hydroxylation is 1. The zero-order valence-corrected chi connectivity index (χ0v) is 19.3. The molecule has 3 aromatic heterocycles. The molecule has 1 amide bonds. The van der Waals surface area contributed by atoms with Crippen molar-refractivity contribution in [1.29, 1.82) is 0 Å². The highest BCUT2D eigenvalue weighted by Crippen LogP contribution is 2.28. The molecule has 1 fully saturated rings. The van der Waals surface area contributed by atoms with Crippen molar-refractivity contribution in [2.45, 2.75) is 32.1 Å². The van der Waals surface area contributed by atoms with Gasteiger partial charge in [0.2, 0.25) is 0 Å². The summed E-state index contributed by atoms with van der Waals surface area (Å²) in [5.74, 6) is 0.405. The van der Waals surface area contributed by atoms with Crippen LogP contribution in [-0.2, 0) is 6.42 Å². The molecule has 0 radical (unpaired) electrons. The molecule has 0 unspecified atom stereocenters. The number of hydrogen-bond acceptors (Lipinski definition) is 5. The lowest BCUT2D eigenvalue weighted by atomic mass is 9.92. The fourth-order valence-electron chi connectivity index (χ4n) is 4.51. The van der Waals surface area contributed by atoms with Gasteiger partial charge in [0, 0.05) is 61.0 Å². The van der Waals surface area contributed by atoms with Gasteiger partial charge in [-0.05, 0) is 55.2 Å². The van der Waals surface area contributed by atoms with Crippen molar-refractivity contribution in [3.63, 3.8) is 0 Å². The number of amides is 1. The van der Waals surface area contributed by atoms with Crippen LogP contribution in [0.15, 0.2) is 79.5 Å². The molecule has 6 nitrogen and oxygen atoms in total. The normalized spacial score (nSPS) is 14.2. The lowest BCUT2D eigenvalue weighted by Gasteiger charge is -2.32. The van der Waals surface area contributed by atoms with Crippen molar-refractivity contribution in [2.75, 3.05) is 13.1 Å². The Bertz CT molecular complexity index is 1270. The minimum absolute atomic E-state index is 0.0306. The maximum absolute atomic E-state index is 13.0. The number of nitrogens with zero attached hydrogens (tertiary/aromatic N) is 5. The van der Waals surface area contributed by atoms with E-state index in [1.165, 1.54) is 17.5 Å². The second-order valence-electron chi connectivity index (χ2n) is 8.78. The molecule has 4 heterocycles. The van der Waals surface area contributed by atoms with Crippen LogP contribution in [0.25, 0.3) is 11.3 Å². The molecule has 5 rings (SSSR count). The quantitative estimate of drug-likeness (QED) is 0.435. The van der Waals surface area contributed by atoms with Crippen molar-refractivity contribution >= 4 is 5.91 Å². The molecular weight excluding hydrogens is 422 g/mol. The van der Waals surface area contributed by atoms with Gasteiger partial charge in [-0.2, -0.15) is 0 Å². The van der Waals surface area contributed by atoms with Gasteiger partial charge in [-0.1, -0.05) is 30.3 Å². The van der Waals surface area contributed by atoms with Crippen molar-refractivity contribution in [3.8, 4) is 11.3 Å². The minimum atomic E-state index is 0.0306. The van der Waals surface area contributed by atoms with Crippen LogP contribution in [0.2, 0.25) is 0 Å². The average Bonchev–Trinajstić information content (AvgIpc) is 2.90. The molecule has 0 aliphatic carbocycles. The van der Waals surface area contributed by atoms with E-state index in [1.807, 2.05) is 17.0 Å². The van der Waals surface area contributed by atoms with Crippen LogP contribution in [-0.4, -0.2) is 43.8 Å². The molecule has 0 atom stereocenters. The van der Waals surface area contributed by atoms with E-state index in [1.54, 1.807) is 18.6 Å². The van der Waals surface area contributed by atoms with Gasteiger partial charge in [-0.3, -0.25) is 14.8 Å². The Balaban J connectivity index is 1.21. The predicted octanol–water partition coefficient (Wildman–Crippen LogP) is 4.85. The monoisotopic (exact) mass is 449 g/mol. The molecule has 1 aliphatic rings. The minimum Gasteiger partial charge on any atom is -0.339 e. The van der Waals surface area contributed by atoms with Gasteiger partial charge in [-0.15, -0.1) is 0 Å². The number of aromatic nitrogens is 4. The van der Waals surface area contributed by atoms with E-state index in [0.29, 0.717) is 11.5 Å². The summed E-state index contributed by atoms with van der Waals surface area (Å²) in [6.45, 7) is 3.59. The number of benzene rings is 1. The summed E-state index contributed by atoms with van der Waals surface area (Å²) in [6.07, 6.45) is 9.24. The summed E-state index contributed by atoms with van der Waals surface area (Å²) in [4.78, 5) is 32.4. The summed E-state index contributed by atoms with van der Waals surface area (Å²) in [5, 5.41) is 0. The molecule has 4 aromatic rings. The first-order chi connectivity index (χ1) is 16.7. The molecule has 0 spiro atoms. The zero-order chi connectivity index (χ0) is 23.3. The molecule has 6 heteroatoms. The molecule has 0 bridgehead atoms. The van der Waals surface area contributed by atoms with Crippen molar-refractivity contribution in [1.82, 2.24) is 24.8 Å². The first-order valence-electron chi connectivity index (χ1n) is 11.7. The second kappa shape index (κ2) is 9.91. The summed E-state index contributed by atoms with van der Waals surface area (Å²) >= 11 is 0. The Morgan fingerprint density at radius 2 is 1.74 bits per heavy atom. The van der Waals surface area contributed by atoms with Crippen LogP contribution >= 0.6 is 0 Å². The van der Waals surface area contributed by atoms with Crippen LogP contribution in [0, 0.1) is 6.92 Å². The number of carbonyl (C=O) groups excluding carboxylic acids is 1. The van der Waals surface area contributed by atoms with Gasteiger partial charge in [0.15, 0.2) is 0 Å². The lowest BCUT2D eigenvalue weighted by Crippen LogP contribution is -2.38. The van der Waals surface area contributed by atoms with Crippen LogP contribution in [0.1, 0.15) is 51.6 Å². The molecule has 170 valence electrons. The third kappa shape index (κ3) is 4.86. The van der Waals surface area contributed by atoms with Gasteiger partial charge < -0.3 is 4.90 Å². The summed E-state index contributed by atoms with van der Waals surface area (Å²) in [5.41, 5.74) is 7.03. The van der Waals surface area contributed by atoms with E-state index in [0.717, 1.165) is 55.0 Å². The highest BCUT2D eigenvalue weighted by Gasteiger charge is 2.25. The summed E-state index contributed by atoms with van der Waals surface area (Å²) in [7, 11) is 0. The largest absolute Gasteiger partial charge is 0.339 e. The van der Waals surface area contributed by atoms with Gasteiger partial charge in [0.1, 0.15) is 6.33 Å². The molecule has 1 aromatic carbocycles.